The van der Waals surface area contributed by atoms with E-state index in [1.165, 1.54) is 6.21 Å². The summed E-state index contributed by atoms with van der Waals surface area (Å²) in [6, 6.07) is 19.9. The average molecular weight is 448 g/mol. The molecule has 0 aliphatic heterocycles. The van der Waals surface area contributed by atoms with Crippen LogP contribution in [0.4, 0.5) is 0 Å². The summed E-state index contributed by atoms with van der Waals surface area (Å²) < 4.78 is 11.6. The van der Waals surface area contributed by atoms with E-state index in [9.17, 15) is 4.79 Å². The minimum atomic E-state index is -0.294. The lowest BCUT2D eigenvalue weighted by Gasteiger charge is -2.14. The number of rotatable bonds is 8. The fraction of sp³-hybridized carbons (Fsp3) is 0.160. The lowest BCUT2D eigenvalue weighted by molar-refractivity contribution is 0.0954. The maximum Gasteiger partial charge on any atom is 0.271 e. The van der Waals surface area contributed by atoms with E-state index in [2.05, 4.69) is 16.6 Å². The van der Waals surface area contributed by atoms with Gasteiger partial charge < -0.3 is 9.47 Å². The summed E-state index contributed by atoms with van der Waals surface area (Å²) in [5, 5.41) is 13.3. The van der Waals surface area contributed by atoms with Crippen LogP contribution in [0.25, 0.3) is 0 Å². The molecule has 162 valence electrons. The van der Waals surface area contributed by atoms with E-state index >= 15 is 0 Å². The third kappa shape index (κ3) is 5.87. The first-order valence-corrected chi connectivity index (χ1v) is 10.4. The number of hydrogen-bond donors (Lipinski definition) is 1. The molecule has 0 radical (unpaired) electrons. The molecular weight excluding hydrogens is 426 g/mol. The van der Waals surface area contributed by atoms with E-state index in [-0.39, 0.29) is 12.5 Å². The van der Waals surface area contributed by atoms with Gasteiger partial charge in [-0.25, -0.2) is 5.43 Å². The number of hydrogen-bond acceptors (Lipinski definition) is 5. The molecule has 1 amide bonds. The molecular formula is C25H22ClN3O3. The van der Waals surface area contributed by atoms with Crippen LogP contribution in [0.15, 0.2) is 65.8 Å². The fourth-order valence-corrected chi connectivity index (χ4v) is 3.22. The van der Waals surface area contributed by atoms with Gasteiger partial charge in [-0.1, -0.05) is 41.9 Å². The number of nitriles is 1. The number of carbonyl (C=O) groups excluding carboxylic acids is 1. The molecule has 0 heterocycles. The van der Waals surface area contributed by atoms with Gasteiger partial charge in [0.05, 0.1) is 29.5 Å². The first-order valence-electron chi connectivity index (χ1n) is 9.99. The molecule has 0 aliphatic carbocycles. The molecule has 32 heavy (non-hydrogen) atoms. The van der Waals surface area contributed by atoms with Crippen LogP contribution in [0.2, 0.25) is 5.02 Å². The Hall–Kier alpha value is -3.82. The predicted octanol–water partition coefficient (Wildman–Crippen LogP) is 5.26. The van der Waals surface area contributed by atoms with Crippen molar-refractivity contribution in [1.29, 1.82) is 5.26 Å². The maximum atomic E-state index is 12.3. The number of benzene rings is 3. The van der Waals surface area contributed by atoms with E-state index in [4.69, 9.17) is 26.3 Å². The Balaban J connectivity index is 1.72. The van der Waals surface area contributed by atoms with E-state index in [0.717, 1.165) is 11.1 Å². The number of carbonyl (C=O) groups is 1. The Morgan fingerprint density at radius 1 is 1.16 bits per heavy atom. The number of halogens is 1. The van der Waals surface area contributed by atoms with Crippen LogP contribution < -0.4 is 14.9 Å². The van der Waals surface area contributed by atoms with Gasteiger partial charge in [-0.2, -0.15) is 10.4 Å². The minimum absolute atomic E-state index is 0.269. The summed E-state index contributed by atoms with van der Waals surface area (Å²) in [5.41, 5.74) is 6.07. The van der Waals surface area contributed by atoms with Crippen LogP contribution in [0.5, 0.6) is 11.5 Å². The van der Waals surface area contributed by atoms with Gasteiger partial charge in [-0.15, -0.1) is 0 Å². The molecule has 0 atom stereocenters. The molecule has 0 unspecified atom stereocenters. The highest BCUT2D eigenvalue weighted by Crippen LogP contribution is 2.37. The molecule has 0 fully saturated rings. The zero-order valence-corrected chi connectivity index (χ0v) is 18.5. The summed E-state index contributed by atoms with van der Waals surface area (Å²) in [7, 11) is 0. The number of hydrazone groups is 1. The standard InChI is InChI=1S/C25H22ClN3O3/c1-3-31-23-13-20(15-28-29-25(30)21-7-5-4-6-17(21)2)12-22(26)24(23)32-16-19-10-8-18(14-27)9-11-19/h4-13,15H,3,16H2,1-2H3,(H,29,30)/b28-15-. The van der Waals surface area contributed by atoms with Gasteiger partial charge in [0.25, 0.3) is 5.91 Å². The number of ether oxygens (including phenoxy) is 2. The van der Waals surface area contributed by atoms with Crippen molar-refractivity contribution in [1.82, 2.24) is 5.43 Å². The molecule has 7 heteroatoms. The predicted molar refractivity (Wildman–Crippen MR) is 124 cm³/mol. The summed E-state index contributed by atoms with van der Waals surface area (Å²) in [6.07, 6.45) is 1.50. The number of nitrogens with zero attached hydrogens (tertiary/aromatic N) is 2. The quantitative estimate of drug-likeness (QED) is 0.377. The molecule has 1 N–H and O–H groups in total. The number of aryl methyl sites for hydroxylation is 1. The van der Waals surface area contributed by atoms with Crippen LogP contribution in [-0.4, -0.2) is 18.7 Å². The van der Waals surface area contributed by atoms with Gasteiger partial charge >= 0.3 is 0 Å². The average Bonchev–Trinajstić information content (AvgIpc) is 2.79. The van der Waals surface area contributed by atoms with E-state index < -0.39 is 0 Å². The highest BCUT2D eigenvalue weighted by Gasteiger charge is 2.13. The zero-order chi connectivity index (χ0) is 22.9. The zero-order valence-electron chi connectivity index (χ0n) is 17.8. The van der Waals surface area contributed by atoms with Crippen molar-refractivity contribution in [3.05, 3.63) is 93.5 Å². The summed E-state index contributed by atoms with van der Waals surface area (Å²) in [5.74, 6) is 0.595. The molecule has 0 saturated carbocycles. The second-order valence-corrected chi connectivity index (χ2v) is 7.28. The van der Waals surface area contributed by atoms with Crippen molar-refractivity contribution in [2.75, 3.05) is 6.61 Å². The molecule has 0 aliphatic rings. The minimum Gasteiger partial charge on any atom is -0.490 e. The summed E-state index contributed by atoms with van der Waals surface area (Å²) in [4.78, 5) is 12.3. The topological polar surface area (TPSA) is 83.7 Å². The second-order valence-electron chi connectivity index (χ2n) is 6.87. The van der Waals surface area contributed by atoms with E-state index in [1.807, 2.05) is 38.1 Å². The van der Waals surface area contributed by atoms with Gasteiger partial charge in [0.2, 0.25) is 0 Å². The molecule has 0 saturated heterocycles. The summed E-state index contributed by atoms with van der Waals surface area (Å²) in [6.45, 7) is 4.42. The van der Waals surface area contributed by atoms with Gasteiger partial charge in [0, 0.05) is 5.56 Å². The van der Waals surface area contributed by atoms with Crippen LogP contribution in [0.1, 0.15) is 39.5 Å². The summed E-state index contributed by atoms with van der Waals surface area (Å²) >= 11 is 6.45. The van der Waals surface area contributed by atoms with Crippen molar-refractivity contribution in [2.24, 2.45) is 5.10 Å². The van der Waals surface area contributed by atoms with Gasteiger partial charge in [0.1, 0.15) is 6.61 Å². The van der Waals surface area contributed by atoms with Crippen molar-refractivity contribution >= 4 is 23.7 Å². The van der Waals surface area contributed by atoms with Crippen molar-refractivity contribution in [3.63, 3.8) is 0 Å². The highest BCUT2D eigenvalue weighted by atomic mass is 35.5. The van der Waals surface area contributed by atoms with Crippen LogP contribution in [0.3, 0.4) is 0 Å². The smallest absolute Gasteiger partial charge is 0.271 e. The van der Waals surface area contributed by atoms with Crippen molar-refractivity contribution < 1.29 is 14.3 Å². The largest absolute Gasteiger partial charge is 0.490 e. The van der Waals surface area contributed by atoms with E-state index in [1.54, 1.807) is 36.4 Å². The first-order chi connectivity index (χ1) is 15.5. The molecule has 6 nitrogen and oxygen atoms in total. The van der Waals surface area contributed by atoms with Gasteiger partial charge in [-0.3, -0.25) is 4.79 Å². The fourth-order valence-electron chi connectivity index (χ4n) is 2.95. The third-order valence-electron chi connectivity index (χ3n) is 4.57. The molecule has 3 aromatic rings. The second kappa shape index (κ2) is 11.0. The van der Waals surface area contributed by atoms with Gasteiger partial charge in [-0.05, 0) is 60.9 Å². The molecule has 3 rings (SSSR count). The normalized spacial score (nSPS) is 10.6. The van der Waals surface area contributed by atoms with Gasteiger partial charge in [0.15, 0.2) is 11.5 Å². The number of nitrogens with one attached hydrogen (secondary N) is 1. The Bertz CT molecular complexity index is 1170. The molecule has 3 aromatic carbocycles. The lowest BCUT2D eigenvalue weighted by atomic mass is 10.1. The monoisotopic (exact) mass is 447 g/mol. The van der Waals surface area contributed by atoms with Crippen LogP contribution in [0, 0.1) is 18.3 Å². The molecule has 0 aromatic heterocycles. The third-order valence-corrected chi connectivity index (χ3v) is 4.85. The first kappa shape index (κ1) is 22.9. The maximum absolute atomic E-state index is 12.3. The van der Waals surface area contributed by atoms with Crippen LogP contribution >= 0.6 is 11.6 Å². The van der Waals surface area contributed by atoms with Crippen molar-refractivity contribution in [3.8, 4) is 17.6 Å². The van der Waals surface area contributed by atoms with E-state index in [0.29, 0.717) is 39.8 Å². The SMILES string of the molecule is CCOc1cc(/C=N\NC(=O)c2ccccc2C)cc(Cl)c1OCc1ccc(C#N)cc1. The Kier molecular flexibility index (Phi) is 7.85. The number of amides is 1. The molecule has 0 spiro atoms. The Morgan fingerprint density at radius 3 is 2.59 bits per heavy atom. The Morgan fingerprint density at radius 2 is 1.91 bits per heavy atom. The van der Waals surface area contributed by atoms with Crippen LogP contribution in [-0.2, 0) is 6.61 Å². The molecule has 0 bridgehead atoms. The highest BCUT2D eigenvalue weighted by molar-refractivity contribution is 6.32. The van der Waals surface area contributed by atoms with Crippen molar-refractivity contribution in [2.45, 2.75) is 20.5 Å². The lowest BCUT2D eigenvalue weighted by Crippen LogP contribution is -2.18. The Labute approximate surface area is 192 Å².